The van der Waals surface area contributed by atoms with Crippen molar-refractivity contribution in [3.63, 3.8) is 0 Å². The van der Waals surface area contributed by atoms with Crippen molar-refractivity contribution >= 4 is 73.9 Å². The Balaban J connectivity index is 0.860. The number of aromatic nitrogens is 5. The lowest BCUT2D eigenvalue weighted by Gasteiger charge is -2.27. The number of aliphatic carboxylic acids is 1. The summed E-state index contributed by atoms with van der Waals surface area (Å²) < 4.78 is 23.5. The highest BCUT2D eigenvalue weighted by Gasteiger charge is 2.57. The quantitative estimate of drug-likeness (QED) is 0.0263. The number of halogens is 1. The Morgan fingerprint density at radius 2 is 1.49 bits per heavy atom. The molecule has 7 N–H and O–H groups in total. The lowest BCUT2D eigenvalue weighted by atomic mass is 10.0. The molecule has 2 fully saturated rings. The number of pyridine rings is 1. The number of aryl methyl sites for hydroxylation is 2. The SMILES string of the molecule is CC(=O)c1nn(CC(=O)N2C[C@H]3C[C@H]3[C@H]2C(=O)Nc2nc(Br)ccc2C)c2c(C)cc(-c3cnc(CNC(=O)COCCOCCNC(=O)COCCOCCNC(=O)CC[C@H](N)C(=O)O)nc3)cc12. The first-order valence-electron chi connectivity index (χ1n) is 22.8. The molecule has 1 saturated carbocycles. The predicted octanol–water partition coefficient (Wildman–Crippen LogP) is 1.06. The van der Waals surface area contributed by atoms with Gasteiger partial charge in [-0.05, 0) is 89.3 Å². The van der Waals surface area contributed by atoms with Crippen LogP contribution in [0.5, 0.6) is 0 Å². The van der Waals surface area contributed by atoms with Crippen LogP contribution in [0, 0.1) is 25.7 Å². The van der Waals surface area contributed by atoms with Crippen molar-refractivity contribution in [2.45, 2.75) is 65.2 Å². The van der Waals surface area contributed by atoms with Gasteiger partial charge in [0.2, 0.25) is 29.5 Å². The number of ether oxygens (including phenoxy) is 4. The standard InChI is InChI=1S/C46H58BrN11O12/c1-26-4-6-35(47)54-44(26)55-45(64)43-32-18-30(32)22-57(43)40(63)23-58-42-27(2)16-29(17-33(42)41(56-58)28(3)59)31-19-51-36(52-20-31)21-53-39(62)25-70-15-13-68-11-9-50-38(61)24-69-14-12-67-10-8-49-37(60)7-5-34(48)46(65)66/h4,6,16-17,19-20,30,32,34,43H,5,7-15,18,21-25,48H2,1-3H3,(H,49,60)(H,50,61)(H,53,62)(H,65,66)(H,54,55,64)/t30-,32-,34+,43+/m1/s1. The monoisotopic (exact) mass is 1040 g/mol. The Morgan fingerprint density at radius 3 is 2.14 bits per heavy atom. The third-order valence-electron chi connectivity index (χ3n) is 11.5. The van der Waals surface area contributed by atoms with Crippen LogP contribution in [0.25, 0.3) is 22.0 Å². The molecule has 1 saturated heterocycles. The molecule has 2 aliphatic rings. The minimum atomic E-state index is -1.16. The maximum Gasteiger partial charge on any atom is 0.320 e. The molecule has 1 aromatic carbocycles. The van der Waals surface area contributed by atoms with Crippen molar-refractivity contribution < 1.29 is 57.6 Å². The number of carbonyl (C=O) groups excluding carboxylic acids is 6. The van der Waals surface area contributed by atoms with Crippen LogP contribution in [0.3, 0.4) is 0 Å². The summed E-state index contributed by atoms with van der Waals surface area (Å²) in [7, 11) is 0. The molecular formula is C46H58BrN11O12. The summed E-state index contributed by atoms with van der Waals surface area (Å²) in [5.74, 6) is -1.89. The average Bonchev–Trinajstić information content (AvgIpc) is 3.83. The van der Waals surface area contributed by atoms with E-state index in [1.54, 1.807) is 28.0 Å². The van der Waals surface area contributed by atoms with Crippen LogP contribution in [0.4, 0.5) is 5.82 Å². The Morgan fingerprint density at radius 1 is 0.843 bits per heavy atom. The van der Waals surface area contributed by atoms with Crippen molar-refractivity contribution in [1.82, 2.24) is 45.6 Å². The first kappa shape index (κ1) is 53.0. The number of ketones is 1. The molecule has 0 spiro atoms. The second-order valence-corrected chi connectivity index (χ2v) is 17.7. The van der Waals surface area contributed by atoms with E-state index in [9.17, 15) is 33.6 Å². The molecule has 0 bridgehead atoms. The number of likely N-dealkylation sites (tertiary alicyclic amines) is 1. The zero-order chi connectivity index (χ0) is 50.3. The van der Waals surface area contributed by atoms with Crippen LogP contribution >= 0.6 is 15.9 Å². The topological polar surface area (TPSA) is 311 Å². The molecule has 4 atom stereocenters. The second kappa shape index (κ2) is 25.5. The molecule has 1 aliphatic carbocycles. The van der Waals surface area contributed by atoms with Crippen LogP contribution in [0.1, 0.15) is 53.6 Å². The van der Waals surface area contributed by atoms with Crippen molar-refractivity contribution in [3.8, 4) is 11.1 Å². The van der Waals surface area contributed by atoms with Crippen molar-refractivity contribution in [1.29, 1.82) is 0 Å². The van der Waals surface area contributed by atoms with Gasteiger partial charge in [0, 0.05) is 56.3 Å². The number of carbonyl (C=O) groups is 7. The molecular weight excluding hydrogens is 978 g/mol. The van der Waals surface area contributed by atoms with Gasteiger partial charge < -0.3 is 56.0 Å². The number of fused-ring (bicyclic) bond motifs is 2. The van der Waals surface area contributed by atoms with Crippen molar-refractivity contribution in [2.24, 2.45) is 17.6 Å². The average molecular weight is 1040 g/mol. The molecule has 70 heavy (non-hydrogen) atoms. The molecule has 23 nitrogen and oxygen atoms in total. The zero-order valence-electron chi connectivity index (χ0n) is 39.2. The van der Waals surface area contributed by atoms with E-state index in [2.05, 4.69) is 57.2 Å². The first-order valence-corrected chi connectivity index (χ1v) is 23.5. The van der Waals surface area contributed by atoms with E-state index >= 15 is 0 Å². The molecule has 376 valence electrons. The fourth-order valence-corrected chi connectivity index (χ4v) is 8.14. The summed E-state index contributed by atoms with van der Waals surface area (Å²) in [6.07, 6.45) is 4.15. The van der Waals surface area contributed by atoms with Gasteiger partial charge in [-0.25, -0.2) is 15.0 Å². The van der Waals surface area contributed by atoms with E-state index in [4.69, 9.17) is 29.8 Å². The fourth-order valence-electron chi connectivity index (χ4n) is 7.84. The van der Waals surface area contributed by atoms with Gasteiger partial charge in [0.25, 0.3) is 0 Å². The summed E-state index contributed by atoms with van der Waals surface area (Å²) in [5.41, 5.74) is 9.16. The number of piperidine rings is 1. The fraction of sp³-hybridized carbons (Fsp3) is 0.500. The summed E-state index contributed by atoms with van der Waals surface area (Å²) in [6, 6.07) is 5.65. The number of nitrogens with one attached hydrogen (secondary N) is 4. The van der Waals surface area contributed by atoms with Gasteiger partial charge in [-0.3, -0.25) is 38.2 Å². The molecule has 0 unspecified atom stereocenters. The van der Waals surface area contributed by atoms with Crippen LogP contribution in [-0.2, 0) is 60.8 Å². The highest BCUT2D eigenvalue weighted by Crippen LogP contribution is 2.50. The number of rotatable bonds is 28. The molecule has 0 radical (unpaired) electrons. The van der Waals surface area contributed by atoms with Crippen LogP contribution in [0.15, 0.2) is 41.3 Å². The summed E-state index contributed by atoms with van der Waals surface area (Å²) >= 11 is 3.35. The zero-order valence-corrected chi connectivity index (χ0v) is 40.7. The minimum Gasteiger partial charge on any atom is -0.480 e. The molecule has 1 aliphatic heterocycles. The predicted molar refractivity (Wildman–Crippen MR) is 254 cm³/mol. The number of benzene rings is 1. The number of amides is 5. The largest absolute Gasteiger partial charge is 0.480 e. The van der Waals surface area contributed by atoms with Gasteiger partial charge in [-0.15, -0.1) is 0 Å². The lowest BCUT2D eigenvalue weighted by molar-refractivity contribution is -0.139. The maximum absolute atomic E-state index is 13.9. The summed E-state index contributed by atoms with van der Waals surface area (Å²) in [6.45, 7) is 6.77. The first-order chi connectivity index (χ1) is 33.6. The van der Waals surface area contributed by atoms with Gasteiger partial charge in [-0.2, -0.15) is 5.10 Å². The molecule has 4 aromatic rings. The third kappa shape index (κ3) is 15.1. The number of nitrogens with two attached hydrogens (primary N) is 1. The smallest absolute Gasteiger partial charge is 0.320 e. The van der Waals surface area contributed by atoms with Gasteiger partial charge in [0.05, 0.1) is 51.7 Å². The van der Waals surface area contributed by atoms with Gasteiger partial charge in [-0.1, -0.05) is 6.07 Å². The van der Waals surface area contributed by atoms with Gasteiger partial charge in [0.15, 0.2) is 5.78 Å². The molecule has 6 rings (SSSR count). The Bertz CT molecular complexity index is 2540. The third-order valence-corrected chi connectivity index (χ3v) is 12.0. The maximum atomic E-state index is 13.9. The van der Waals surface area contributed by atoms with Crippen molar-refractivity contribution in [3.05, 3.63) is 63.9 Å². The van der Waals surface area contributed by atoms with E-state index < -0.39 is 18.1 Å². The lowest BCUT2D eigenvalue weighted by Crippen LogP contribution is -2.47. The summed E-state index contributed by atoms with van der Waals surface area (Å²) in [4.78, 5) is 102. The Kier molecular flexibility index (Phi) is 19.3. The van der Waals surface area contributed by atoms with Crippen LogP contribution in [-0.4, -0.2) is 161 Å². The van der Waals surface area contributed by atoms with Gasteiger partial charge >= 0.3 is 5.97 Å². The normalized spacial score (nSPS) is 16.4. The molecule has 4 heterocycles. The van der Waals surface area contributed by atoms with Crippen molar-refractivity contribution in [2.75, 3.05) is 77.8 Å². The highest BCUT2D eigenvalue weighted by molar-refractivity contribution is 9.10. The highest BCUT2D eigenvalue weighted by atomic mass is 79.9. The number of nitrogens with zero attached hydrogens (tertiary/aromatic N) is 6. The second-order valence-electron chi connectivity index (χ2n) is 16.9. The molecule has 5 amide bonds. The summed E-state index contributed by atoms with van der Waals surface area (Å²) in [5, 5.41) is 24.8. The van der Waals surface area contributed by atoms with E-state index in [-0.39, 0.29) is 145 Å². The van der Waals surface area contributed by atoms with E-state index in [0.717, 1.165) is 23.1 Å². The van der Waals surface area contributed by atoms with Gasteiger partial charge in [0.1, 0.15) is 53.8 Å². The molecule has 24 heteroatoms. The van der Waals surface area contributed by atoms with E-state index in [1.165, 1.54) is 6.92 Å². The number of hydrogen-bond acceptors (Lipinski definition) is 16. The van der Waals surface area contributed by atoms with Crippen LogP contribution < -0.4 is 27.0 Å². The van der Waals surface area contributed by atoms with E-state index in [1.807, 2.05) is 32.0 Å². The molecule has 3 aromatic heterocycles. The Labute approximate surface area is 411 Å². The number of anilines is 1. The number of carboxylic acid groups (broad SMARTS) is 1. The number of Topliss-reactive ketones (excluding diaryl/α,β-unsaturated/α-hetero) is 1. The number of carboxylic acids is 1. The number of hydrogen-bond donors (Lipinski definition) is 6. The minimum absolute atomic E-state index is 0.000136. The van der Waals surface area contributed by atoms with E-state index in [0.29, 0.717) is 39.3 Å². The Hall–Kier alpha value is -6.31. The van der Waals surface area contributed by atoms with Crippen LogP contribution in [0.2, 0.25) is 0 Å².